The molecule has 0 aromatic heterocycles. The lowest BCUT2D eigenvalue weighted by Gasteiger charge is -2.11. The second-order valence-corrected chi connectivity index (χ2v) is 4.48. The lowest BCUT2D eigenvalue weighted by Crippen LogP contribution is -2.15. The third kappa shape index (κ3) is 3.66. The Hall–Kier alpha value is -3.22. The molecule has 0 aliphatic carbocycles. The van der Waals surface area contributed by atoms with Gasteiger partial charge in [0.05, 0.1) is 16.3 Å². The summed E-state index contributed by atoms with van der Waals surface area (Å²) in [5, 5.41) is 15.9. The minimum atomic E-state index is -0.534. The molecule has 2 aromatic carbocycles. The lowest BCUT2D eigenvalue weighted by molar-refractivity contribution is -0.384. The lowest BCUT2D eigenvalue weighted by atomic mass is 10.2. The van der Waals surface area contributed by atoms with Crippen LogP contribution in [-0.2, 0) is 4.79 Å². The zero-order valence-corrected chi connectivity index (χ0v) is 11.7. The van der Waals surface area contributed by atoms with E-state index in [1.165, 1.54) is 31.2 Å². The molecule has 22 heavy (non-hydrogen) atoms. The van der Waals surface area contributed by atoms with Gasteiger partial charge in [-0.1, -0.05) is 12.1 Å². The van der Waals surface area contributed by atoms with Crippen LogP contribution in [0.3, 0.4) is 0 Å². The maximum Gasteiger partial charge on any atom is 0.269 e. The molecule has 0 aliphatic rings. The van der Waals surface area contributed by atoms with E-state index in [-0.39, 0.29) is 17.2 Å². The minimum absolute atomic E-state index is 0.0878. The van der Waals surface area contributed by atoms with Crippen molar-refractivity contribution in [1.29, 1.82) is 0 Å². The van der Waals surface area contributed by atoms with Gasteiger partial charge >= 0.3 is 0 Å². The normalized spacial score (nSPS) is 9.86. The number of carbonyl (C=O) groups excluding carboxylic acids is 2. The number of hydrogen-bond donors (Lipinski definition) is 2. The van der Waals surface area contributed by atoms with Gasteiger partial charge in [-0.25, -0.2) is 0 Å². The van der Waals surface area contributed by atoms with E-state index in [2.05, 4.69) is 10.6 Å². The van der Waals surface area contributed by atoms with Gasteiger partial charge < -0.3 is 10.6 Å². The van der Waals surface area contributed by atoms with E-state index in [1.807, 2.05) is 0 Å². The summed E-state index contributed by atoms with van der Waals surface area (Å²) in [7, 11) is 0. The fourth-order valence-electron chi connectivity index (χ4n) is 1.82. The number of nitro benzene ring substituents is 1. The third-order valence-corrected chi connectivity index (χ3v) is 2.83. The van der Waals surface area contributed by atoms with E-state index in [9.17, 15) is 19.7 Å². The predicted octanol–water partition coefficient (Wildman–Crippen LogP) is 2.81. The van der Waals surface area contributed by atoms with E-state index < -0.39 is 10.8 Å². The third-order valence-electron chi connectivity index (χ3n) is 2.83. The van der Waals surface area contributed by atoms with Crippen molar-refractivity contribution in [2.24, 2.45) is 0 Å². The van der Waals surface area contributed by atoms with E-state index in [0.29, 0.717) is 11.4 Å². The molecule has 2 N–H and O–H groups in total. The molecule has 0 saturated heterocycles. The first-order valence-corrected chi connectivity index (χ1v) is 6.40. The number of benzene rings is 2. The first kappa shape index (κ1) is 15.2. The SMILES string of the molecule is CC(=O)Nc1ccccc1NC(=O)c1ccc([N+](=O)[O-])cc1. The number of para-hydroxylation sites is 2. The van der Waals surface area contributed by atoms with Gasteiger partial charge in [0.25, 0.3) is 11.6 Å². The highest BCUT2D eigenvalue weighted by Crippen LogP contribution is 2.22. The molecule has 0 atom stereocenters. The molecule has 7 heteroatoms. The molecule has 2 amide bonds. The summed E-state index contributed by atoms with van der Waals surface area (Å²) in [5.41, 5.74) is 1.12. The minimum Gasteiger partial charge on any atom is -0.325 e. The van der Waals surface area contributed by atoms with Gasteiger partial charge in [0, 0.05) is 24.6 Å². The largest absolute Gasteiger partial charge is 0.325 e. The number of hydrogen-bond acceptors (Lipinski definition) is 4. The van der Waals surface area contributed by atoms with Crippen molar-refractivity contribution in [3.05, 3.63) is 64.2 Å². The summed E-state index contributed by atoms with van der Waals surface area (Å²) < 4.78 is 0. The first-order valence-electron chi connectivity index (χ1n) is 6.40. The Labute approximate surface area is 126 Å². The zero-order valence-electron chi connectivity index (χ0n) is 11.7. The fourth-order valence-corrected chi connectivity index (χ4v) is 1.82. The highest BCUT2D eigenvalue weighted by atomic mass is 16.6. The van der Waals surface area contributed by atoms with Crippen molar-refractivity contribution in [3.8, 4) is 0 Å². The van der Waals surface area contributed by atoms with Gasteiger partial charge in [-0.15, -0.1) is 0 Å². The van der Waals surface area contributed by atoms with Crippen molar-refractivity contribution in [2.75, 3.05) is 10.6 Å². The van der Waals surface area contributed by atoms with E-state index in [4.69, 9.17) is 0 Å². The Balaban J connectivity index is 2.18. The molecule has 112 valence electrons. The van der Waals surface area contributed by atoms with Crippen molar-refractivity contribution in [1.82, 2.24) is 0 Å². The van der Waals surface area contributed by atoms with Crippen molar-refractivity contribution in [2.45, 2.75) is 6.92 Å². The average molecular weight is 299 g/mol. The fraction of sp³-hybridized carbons (Fsp3) is 0.0667. The standard InChI is InChI=1S/C15H13N3O4/c1-10(19)16-13-4-2-3-5-14(13)17-15(20)11-6-8-12(9-7-11)18(21)22/h2-9H,1H3,(H,16,19)(H,17,20). The van der Waals surface area contributed by atoms with Gasteiger partial charge in [-0.3, -0.25) is 19.7 Å². The number of nitro groups is 1. The van der Waals surface area contributed by atoms with Gasteiger partial charge in [-0.05, 0) is 24.3 Å². The Morgan fingerprint density at radius 3 is 2.00 bits per heavy atom. The number of carbonyl (C=O) groups is 2. The molecule has 0 unspecified atom stereocenters. The topological polar surface area (TPSA) is 101 Å². The summed E-state index contributed by atoms with van der Waals surface area (Å²) in [5.74, 6) is -0.676. The number of rotatable bonds is 4. The molecule has 0 radical (unpaired) electrons. The first-order chi connectivity index (χ1) is 10.5. The van der Waals surface area contributed by atoms with Crippen LogP contribution in [0.5, 0.6) is 0 Å². The Morgan fingerprint density at radius 2 is 1.50 bits per heavy atom. The molecular formula is C15H13N3O4. The maximum atomic E-state index is 12.1. The van der Waals surface area contributed by atoms with E-state index >= 15 is 0 Å². The number of nitrogens with one attached hydrogen (secondary N) is 2. The molecule has 0 spiro atoms. The monoisotopic (exact) mass is 299 g/mol. The average Bonchev–Trinajstić information content (AvgIpc) is 2.48. The summed E-state index contributed by atoms with van der Waals surface area (Å²) in [4.78, 5) is 33.3. The van der Waals surface area contributed by atoms with Crippen LogP contribution < -0.4 is 10.6 Å². The van der Waals surface area contributed by atoms with Gasteiger partial charge in [-0.2, -0.15) is 0 Å². The molecule has 0 bridgehead atoms. The summed E-state index contributed by atoms with van der Waals surface area (Å²) in [6, 6.07) is 12.0. The van der Waals surface area contributed by atoms with Crippen molar-refractivity contribution >= 4 is 28.9 Å². The maximum absolute atomic E-state index is 12.1. The Kier molecular flexibility index (Phi) is 4.47. The zero-order chi connectivity index (χ0) is 16.1. The Bertz CT molecular complexity index is 726. The highest BCUT2D eigenvalue weighted by molar-refractivity contribution is 6.07. The van der Waals surface area contributed by atoms with Gasteiger partial charge in [0.2, 0.25) is 5.91 Å². The number of amides is 2. The molecular weight excluding hydrogens is 286 g/mol. The number of non-ortho nitro benzene ring substituents is 1. The van der Waals surface area contributed by atoms with Crippen LogP contribution in [0.1, 0.15) is 17.3 Å². The van der Waals surface area contributed by atoms with Crippen LogP contribution in [0.15, 0.2) is 48.5 Å². The van der Waals surface area contributed by atoms with Crippen LogP contribution in [0.25, 0.3) is 0 Å². The molecule has 0 aliphatic heterocycles. The summed E-state index contributed by atoms with van der Waals surface area (Å²) >= 11 is 0. The molecule has 7 nitrogen and oxygen atoms in total. The number of nitrogens with zero attached hydrogens (tertiary/aromatic N) is 1. The van der Waals surface area contributed by atoms with Crippen LogP contribution in [-0.4, -0.2) is 16.7 Å². The smallest absolute Gasteiger partial charge is 0.269 e. The molecule has 0 heterocycles. The van der Waals surface area contributed by atoms with Gasteiger partial charge in [0.15, 0.2) is 0 Å². The van der Waals surface area contributed by atoms with E-state index in [1.54, 1.807) is 24.3 Å². The molecule has 2 rings (SSSR count). The van der Waals surface area contributed by atoms with E-state index in [0.717, 1.165) is 0 Å². The molecule has 0 fully saturated rings. The Morgan fingerprint density at radius 1 is 0.955 bits per heavy atom. The quantitative estimate of drug-likeness (QED) is 0.669. The second-order valence-electron chi connectivity index (χ2n) is 4.48. The predicted molar refractivity (Wildman–Crippen MR) is 81.8 cm³/mol. The van der Waals surface area contributed by atoms with Crippen LogP contribution in [0, 0.1) is 10.1 Å². The van der Waals surface area contributed by atoms with Crippen LogP contribution in [0.4, 0.5) is 17.1 Å². The highest BCUT2D eigenvalue weighted by Gasteiger charge is 2.11. The van der Waals surface area contributed by atoms with Crippen LogP contribution >= 0.6 is 0 Å². The van der Waals surface area contributed by atoms with Crippen molar-refractivity contribution < 1.29 is 14.5 Å². The number of anilines is 2. The van der Waals surface area contributed by atoms with Crippen LogP contribution in [0.2, 0.25) is 0 Å². The second kappa shape index (κ2) is 6.49. The molecule has 2 aromatic rings. The molecule has 0 saturated carbocycles. The van der Waals surface area contributed by atoms with Gasteiger partial charge in [0.1, 0.15) is 0 Å². The summed E-state index contributed by atoms with van der Waals surface area (Å²) in [6.45, 7) is 1.37. The summed E-state index contributed by atoms with van der Waals surface area (Å²) in [6.07, 6.45) is 0. The van der Waals surface area contributed by atoms with Crippen molar-refractivity contribution in [3.63, 3.8) is 0 Å².